The zero-order chi connectivity index (χ0) is 18.7. The maximum absolute atomic E-state index is 13.0. The van der Waals surface area contributed by atoms with Crippen molar-refractivity contribution in [3.05, 3.63) is 64.7 Å². The predicted octanol–water partition coefficient (Wildman–Crippen LogP) is 4.56. The molecule has 0 aromatic heterocycles. The lowest BCUT2D eigenvalue weighted by atomic mass is 10.0. The van der Waals surface area contributed by atoms with Crippen molar-refractivity contribution in [2.24, 2.45) is 0 Å². The Hall–Kier alpha value is -2.59. The van der Waals surface area contributed by atoms with Crippen LogP contribution in [0.15, 0.2) is 53.6 Å². The summed E-state index contributed by atoms with van der Waals surface area (Å²) in [6, 6.07) is 14.5. The standard InChI is InChI=1S/C21H20ClNO3/c1-3-4-7-14-10-12-15(13-11-14)23-20(24)18(19(22)21(23)25)16-8-5-6-9-17(16)26-2/h5-6,8-13H,3-4,7H2,1-2H3. The van der Waals surface area contributed by atoms with Crippen LogP contribution in [0, 0.1) is 0 Å². The third-order valence-electron chi connectivity index (χ3n) is 4.42. The van der Waals surface area contributed by atoms with Gasteiger partial charge in [-0.2, -0.15) is 0 Å². The van der Waals surface area contributed by atoms with Crippen molar-refractivity contribution >= 4 is 34.7 Å². The van der Waals surface area contributed by atoms with E-state index in [9.17, 15) is 9.59 Å². The lowest BCUT2D eigenvalue weighted by Crippen LogP contribution is -2.31. The monoisotopic (exact) mass is 369 g/mol. The Balaban J connectivity index is 1.93. The molecular weight excluding hydrogens is 350 g/mol. The largest absolute Gasteiger partial charge is 0.496 e. The van der Waals surface area contributed by atoms with Crippen LogP contribution in [0.25, 0.3) is 5.57 Å². The number of imide groups is 1. The normalized spacial score (nSPS) is 14.3. The topological polar surface area (TPSA) is 46.6 Å². The van der Waals surface area contributed by atoms with Crippen molar-refractivity contribution in [3.8, 4) is 5.75 Å². The van der Waals surface area contributed by atoms with Crippen molar-refractivity contribution in [1.29, 1.82) is 0 Å². The molecule has 0 saturated heterocycles. The van der Waals surface area contributed by atoms with Gasteiger partial charge in [0.2, 0.25) is 0 Å². The SMILES string of the molecule is CCCCc1ccc(N2C(=O)C(Cl)=C(c3ccccc3OC)C2=O)cc1. The van der Waals surface area contributed by atoms with Gasteiger partial charge < -0.3 is 4.74 Å². The molecule has 0 aliphatic carbocycles. The second-order valence-electron chi connectivity index (χ2n) is 6.10. The fourth-order valence-electron chi connectivity index (χ4n) is 3.01. The maximum atomic E-state index is 13.0. The van der Waals surface area contributed by atoms with Crippen LogP contribution in [0.4, 0.5) is 5.69 Å². The summed E-state index contributed by atoms with van der Waals surface area (Å²) in [6.45, 7) is 2.14. The Morgan fingerprint density at radius 3 is 2.35 bits per heavy atom. The zero-order valence-electron chi connectivity index (χ0n) is 14.8. The number of amides is 2. The van der Waals surface area contributed by atoms with E-state index in [-0.39, 0.29) is 10.6 Å². The molecule has 0 bridgehead atoms. The highest BCUT2D eigenvalue weighted by molar-refractivity contribution is 6.60. The lowest BCUT2D eigenvalue weighted by molar-refractivity contribution is -0.119. The average molecular weight is 370 g/mol. The molecule has 2 aromatic rings. The van der Waals surface area contributed by atoms with E-state index in [0.717, 1.165) is 24.2 Å². The summed E-state index contributed by atoms with van der Waals surface area (Å²) < 4.78 is 5.31. The number of para-hydroxylation sites is 1. The van der Waals surface area contributed by atoms with Gasteiger partial charge in [0.15, 0.2) is 0 Å². The van der Waals surface area contributed by atoms with E-state index in [2.05, 4.69) is 6.92 Å². The van der Waals surface area contributed by atoms with Crippen LogP contribution in [-0.2, 0) is 16.0 Å². The fourth-order valence-corrected chi connectivity index (χ4v) is 3.28. The van der Waals surface area contributed by atoms with Gasteiger partial charge in [0.25, 0.3) is 11.8 Å². The summed E-state index contributed by atoms with van der Waals surface area (Å²) in [5.41, 5.74) is 2.38. The first-order valence-electron chi connectivity index (χ1n) is 8.59. The third kappa shape index (κ3) is 3.25. The molecule has 4 nitrogen and oxygen atoms in total. The Labute approximate surface area is 158 Å². The molecule has 1 aliphatic rings. The lowest BCUT2D eigenvalue weighted by Gasteiger charge is -2.16. The van der Waals surface area contributed by atoms with Crippen LogP contribution >= 0.6 is 11.6 Å². The molecule has 0 saturated carbocycles. The number of benzene rings is 2. The van der Waals surface area contributed by atoms with Crippen molar-refractivity contribution in [3.63, 3.8) is 0 Å². The van der Waals surface area contributed by atoms with E-state index in [1.54, 1.807) is 36.4 Å². The van der Waals surface area contributed by atoms with Crippen LogP contribution in [-0.4, -0.2) is 18.9 Å². The minimum absolute atomic E-state index is 0.0884. The molecule has 0 fully saturated rings. The van der Waals surface area contributed by atoms with Crippen molar-refractivity contribution < 1.29 is 14.3 Å². The van der Waals surface area contributed by atoms with Gasteiger partial charge >= 0.3 is 0 Å². The fraction of sp³-hybridized carbons (Fsp3) is 0.238. The Kier molecular flexibility index (Phi) is 5.43. The first-order valence-corrected chi connectivity index (χ1v) is 8.97. The highest BCUT2D eigenvalue weighted by Crippen LogP contribution is 2.38. The molecule has 0 N–H and O–H groups in total. The van der Waals surface area contributed by atoms with E-state index in [1.807, 2.05) is 12.1 Å². The predicted molar refractivity (Wildman–Crippen MR) is 103 cm³/mol. The summed E-state index contributed by atoms with van der Waals surface area (Å²) in [4.78, 5) is 26.7. The number of hydrogen-bond acceptors (Lipinski definition) is 3. The molecule has 26 heavy (non-hydrogen) atoms. The number of methoxy groups -OCH3 is 1. The molecule has 0 spiro atoms. The van der Waals surface area contributed by atoms with Crippen LogP contribution in [0.2, 0.25) is 0 Å². The molecule has 2 aromatic carbocycles. The summed E-state index contributed by atoms with van der Waals surface area (Å²) in [7, 11) is 1.52. The molecular formula is C21H20ClNO3. The van der Waals surface area contributed by atoms with Gasteiger partial charge in [0, 0.05) is 5.56 Å². The number of rotatable bonds is 6. The van der Waals surface area contributed by atoms with Crippen LogP contribution < -0.4 is 9.64 Å². The zero-order valence-corrected chi connectivity index (χ0v) is 15.5. The van der Waals surface area contributed by atoms with E-state index in [0.29, 0.717) is 17.0 Å². The van der Waals surface area contributed by atoms with Gasteiger partial charge in [-0.05, 0) is 36.6 Å². The summed E-state index contributed by atoms with van der Waals surface area (Å²) in [6.07, 6.45) is 3.20. The van der Waals surface area contributed by atoms with Crippen molar-refractivity contribution in [2.45, 2.75) is 26.2 Å². The molecule has 0 radical (unpaired) electrons. The number of carbonyl (C=O) groups excluding carboxylic acids is 2. The number of carbonyl (C=O) groups is 2. The second-order valence-corrected chi connectivity index (χ2v) is 6.48. The first kappa shape index (κ1) is 18.2. The Bertz CT molecular complexity index is 871. The Morgan fingerprint density at radius 2 is 1.69 bits per heavy atom. The van der Waals surface area contributed by atoms with Crippen molar-refractivity contribution in [1.82, 2.24) is 0 Å². The number of hydrogen-bond donors (Lipinski definition) is 0. The highest BCUT2D eigenvalue weighted by Gasteiger charge is 2.40. The summed E-state index contributed by atoms with van der Waals surface area (Å²) in [5, 5.41) is -0.0884. The summed E-state index contributed by atoms with van der Waals surface area (Å²) in [5.74, 6) is -0.455. The molecule has 5 heteroatoms. The first-order chi connectivity index (χ1) is 12.6. The van der Waals surface area contributed by atoms with E-state index in [1.165, 1.54) is 12.7 Å². The molecule has 1 heterocycles. The number of halogens is 1. The van der Waals surface area contributed by atoms with Crippen LogP contribution in [0.5, 0.6) is 5.75 Å². The molecule has 1 aliphatic heterocycles. The number of unbranched alkanes of at least 4 members (excludes halogenated alkanes) is 1. The average Bonchev–Trinajstić information content (AvgIpc) is 2.89. The highest BCUT2D eigenvalue weighted by atomic mass is 35.5. The van der Waals surface area contributed by atoms with Gasteiger partial charge in [-0.25, -0.2) is 4.90 Å². The molecule has 134 valence electrons. The Morgan fingerprint density at radius 1 is 1.00 bits per heavy atom. The van der Waals surface area contributed by atoms with E-state index in [4.69, 9.17) is 16.3 Å². The van der Waals surface area contributed by atoms with Gasteiger partial charge in [-0.15, -0.1) is 0 Å². The molecule has 0 atom stereocenters. The third-order valence-corrected chi connectivity index (χ3v) is 4.77. The van der Waals surface area contributed by atoms with Crippen molar-refractivity contribution in [2.75, 3.05) is 12.0 Å². The maximum Gasteiger partial charge on any atom is 0.277 e. The molecule has 2 amide bonds. The van der Waals surface area contributed by atoms with Gasteiger partial charge in [-0.3, -0.25) is 9.59 Å². The number of ether oxygens (including phenoxy) is 1. The minimum atomic E-state index is -0.515. The number of aryl methyl sites for hydroxylation is 1. The minimum Gasteiger partial charge on any atom is -0.496 e. The van der Waals surface area contributed by atoms with Crippen LogP contribution in [0.3, 0.4) is 0 Å². The second kappa shape index (κ2) is 7.75. The quantitative estimate of drug-likeness (QED) is 0.701. The van der Waals surface area contributed by atoms with Gasteiger partial charge in [0.1, 0.15) is 10.8 Å². The number of anilines is 1. The van der Waals surface area contributed by atoms with Crippen LogP contribution in [0.1, 0.15) is 30.9 Å². The molecule has 0 unspecified atom stereocenters. The van der Waals surface area contributed by atoms with Gasteiger partial charge in [0.05, 0.1) is 18.4 Å². The smallest absolute Gasteiger partial charge is 0.277 e. The van der Waals surface area contributed by atoms with E-state index < -0.39 is 11.8 Å². The van der Waals surface area contributed by atoms with E-state index >= 15 is 0 Å². The number of nitrogens with zero attached hydrogens (tertiary/aromatic N) is 1. The summed E-state index contributed by atoms with van der Waals surface area (Å²) >= 11 is 6.24. The van der Waals surface area contributed by atoms with Gasteiger partial charge in [-0.1, -0.05) is 55.3 Å². The molecule has 3 rings (SSSR count).